The molecule has 0 unspecified atom stereocenters. The number of benzene rings is 1. The fraction of sp³-hybridized carbons (Fsp3) is 0.444. The van der Waals surface area contributed by atoms with Gasteiger partial charge in [0.15, 0.2) is 0 Å². The highest BCUT2D eigenvalue weighted by Crippen LogP contribution is 2.54. The first-order valence-corrected chi connectivity index (χ1v) is 8.17. The quantitative estimate of drug-likeness (QED) is 0.721. The fourth-order valence-corrected chi connectivity index (χ4v) is 3.11. The van der Waals surface area contributed by atoms with Crippen LogP contribution in [-0.4, -0.2) is 25.4 Å². The molecule has 2 rings (SSSR count). The van der Waals surface area contributed by atoms with Gasteiger partial charge in [-0.05, 0) is 36.1 Å². The number of hydrogen-bond donors (Lipinski definition) is 1. The van der Waals surface area contributed by atoms with Crippen LogP contribution in [0.2, 0.25) is 0 Å². The molecule has 0 atom stereocenters. The molecule has 0 aliphatic carbocycles. The SMILES string of the molecule is CCc1cc(C(F)(C(F)(F)F)C(F)(F)F)cc(C)c1N1C=C(CN)C=CC1. The number of alkyl halides is 7. The van der Waals surface area contributed by atoms with Crippen molar-refractivity contribution < 1.29 is 30.7 Å². The van der Waals surface area contributed by atoms with Crippen molar-refractivity contribution >= 4 is 5.69 Å². The van der Waals surface area contributed by atoms with Crippen molar-refractivity contribution in [2.24, 2.45) is 5.73 Å². The van der Waals surface area contributed by atoms with E-state index in [4.69, 9.17) is 5.73 Å². The van der Waals surface area contributed by atoms with Crippen molar-refractivity contribution in [1.29, 1.82) is 0 Å². The lowest BCUT2D eigenvalue weighted by Crippen LogP contribution is -2.50. The molecule has 2 N–H and O–H groups in total. The van der Waals surface area contributed by atoms with Gasteiger partial charge in [-0.25, -0.2) is 4.39 Å². The van der Waals surface area contributed by atoms with Gasteiger partial charge in [0.25, 0.3) is 0 Å². The topological polar surface area (TPSA) is 29.3 Å². The van der Waals surface area contributed by atoms with Gasteiger partial charge in [-0.3, -0.25) is 0 Å². The van der Waals surface area contributed by atoms with Crippen LogP contribution in [0.3, 0.4) is 0 Å². The first-order valence-electron chi connectivity index (χ1n) is 8.17. The van der Waals surface area contributed by atoms with Crippen LogP contribution in [0.25, 0.3) is 0 Å². The van der Waals surface area contributed by atoms with Gasteiger partial charge in [-0.2, -0.15) is 26.3 Å². The summed E-state index contributed by atoms with van der Waals surface area (Å²) < 4.78 is 92.8. The molecule has 0 spiro atoms. The second-order valence-electron chi connectivity index (χ2n) is 6.27. The predicted molar refractivity (Wildman–Crippen MR) is 89.1 cm³/mol. The average molecular weight is 396 g/mol. The average Bonchev–Trinajstić information content (AvgIpc) is 2.58. The zero-order chi connectivity index (χ0) is 20.6. The molecule has 0 saturated carbocycles. The minimum absolute atomic E-state index is 0.114. The van der Waals surface area contributed by atoms with Crippen LogP contribution in [0.1, 0.15) is 23.6 Å². The van der Waals surface area contributed by atoms with E-state index in [9.17, 15) is 30.7 Å². The summed E-state index contributed by atoms with van der Waals surface area (Å²) in [5, 5.41) is 0. The first-order chi connectivity index (χ1) is 12.4. The van der Waals surface area contributed by atoms with Crippen molar-refractivity contribution in [3.8, 4) is 0 Å². The van der Waals surface area contributed by atoms with Crippen LogP contribution in [0.4, 0.5) is 36.4 Å². The third kappa shape index (κ3) is 3.69. The van der Waals surface area contributed by atoms with E-state index in [0.29, 0.717) is 24.4 Å². The molecule has 1 heterocycles. The lowest BCUT2D eigenvalue weighted by molar-refractivity contribution is -0.348. The highest BCUT2D eigenvalue weighted by Gasteiger charge is 2.73. The summed E-state index contributed by atoms with van der Waals surface area (Å²) in [6.45, 7) is 3.53. The molecular weight excluding hydrogens is 377 g/mol. The number of rotatable bonds is 4. The Hall–Kier alpha value is -2.03. The van der Waals surface area contributed by atoms with Crippen molar-refractivity contribution in [3.63, 3.8) is 0 Å². The Balaban J connectivity index is 2.66. The van der Waals surface area contributed by atoms with Gasteiger partial charge in [-0.1, -0.05) is 25.1 Å². The highest BCUT2D eigenvalue weighted by atomic mass is 19.4. The summed E-state index contributed by atoms with van der Waals surface area (Å²) >= 11 is 0. The van der Waals surface area contributed by atoms with Crippen molar-refractivity contribution in [2.75, 3.05) is 18.0 Å². The zero-order valence-electron chi connectivity index (χ0n) is 14.7. The molecule has 27 heavy (non-hydrogen) atoms. The zero-order valence-corrected chi connectivity index (χ0v) is 14.7. The number of nitrogens with zero attached hydrogens (tertiary/aromatic N) is 1. The molecule has 1 aliphatic rings. The van der Waals surface area contributed by atoms with Gasteiger partial charge in [0.2, 0.25) is 0 Å². The van der Waals surface area contributed by atoms with Gasteiger partial charge in [-0.15, -0.1) is 0 Å². The molecule has 0 fully saturated rings. The molecule has 2 nitrogen and oxygen atoms in total. The van der Waals surface area contributed by atoms with E-state index in [1.54, 1.807) is 30.2 Å². The molecule has 150 valence electrons. The summed E-state index contributed by atoms with van der Waals surface area (Å²) in [5.41, 5.74) is 0.177. The number of hydrogen-bond acceptors (Lipinski definition) is 2. The van der Waals surface area contributed by atoms with Gasteiger partial charge in [0, 0.05) is 30.5 Å². The Kier molecular flexibility index (Phi) is 5.66. The highest BCUT2D eigenvalue weighted by molar-refractivity contribution is 5.65. The smallest absolute Gasteiger partial charge is 0.343 e. The maximum absolute atomic E-state index is 14.4. The first kappa shape index (κ1) is 21.3. The normalized spacial score (nSPS) is 15.9. The standard InChI is InChI=1S/C18H19F7N2/c1-3-13-8-14(16(19,17(20,21)22)18(23,24)25)7-11(2)15(13)27-6-4-5-12(9-26)10-27/h4-5,7-8,10H,3,6,9,26H2,1-2H3. The molecule has 1 aliphatic heterocycles. The van der Waals surface area contributed by atoms with Crippen molar-refractivity contribution in [3.05, 3.63) is 52.7 Å². The molecular formula is C18H19F7N2. The molecule has 1 aromatic rings. The van der Waals surface area contributed by atoms with E-state index in [1.807, 2.05) is 0 Å². The van der Waals surface area contributed by atoms with E-state index in [2.05, 4.69) is 0 Å². The third-order valence-corrected chi connectivity index (χ3v) is 4.42. The minimum Gasteiger partial charge on any atom is -0.343 e. The fourth-order valence-electron chi connectivity index (χ4n) is 3.11. The number of aryl methyl sites for hydroxylation is 2. The monoisotopic (exact) mass is 396 g/mol. The Morgan fingerprint density at radius 1 is 1.04 bits per heavy atom. The Labute approximate surface area is 152 Å². The van der Waals surface area contributed by atoms with Gasteiger partial charge in [0.1, 0.15) is 0 Å². The van der Waals surface area contributed by atoms with Crippen LogP contribution >= 0.6 is 0 Å². The van der Waals surface area contributed by atoms with E-state index < -0.39 is 23.6 Å². The maximum atomic E-state index is 14.4. The number of nitrogens with two attached hydrogens (primary N) is 1. The maximum Gasteiger partial charge on any atom is 0.435 e. The predicted octanol–water partition coefficient (Wildman–Crippen LogP) is 5.07. The summed E-state index contributed by atoms with van der Waals surface area (Å²) in [5.74, 6) is 0. The lowest BCUT2D eigenvalue weighted by Gasteiger charge is -2.33. The summed E-state index contributed by atoms with van der Waals surface area (Å²) in [6, 6.07) is 1.27. The van der Waals surface area contributed by atoms with E-state index in [-0.39, 0.29) is 24.1 Å². The molecule has 0 radical (unpaired) electrons. The largest absolute Gasteiger partial charge is 0.435 e. The Bertz CT molecular complexity index is 746. The number of anilines is 1. The van der Waals surface area contributed by atoms with Crippen LogP contribution in [0.15, 0.2) is 36.1 Å². The summed E-state index contributed by atoms with van der Waals surface area (Å²) in [4.78, 5) is 1.68. The molecule has 0 amide bonds. The summed E-state index contributed by atoms with van der Waals surface area (Å²) in [6.07, 6.45) is -6.90. The Morgan fingerprint density at radius 2 is 1.63 bits per heavy atom. The molecule has 0 saturated heterocycles. The van der Waals surface area contributed by atoms with Crippen molar-refractivity contribution in [1.82, 2.24) is 0 Å². The van der Waals surface area contributed by atoms with Crippen LogP contribution in [-0.2, 0) is 12.1 Å². The molecule has 1 aromatic carbocycles. The lowest BCUT2D eigenvalue weighted by atomic mass is 9.89. The van der Waals surface area contributed by atoms with E-state index in [1.165, 1.54) is 6.92 Å². The van der Waals surface area contributed by atoms with E-state index in [0.717, 1.165) is 5.57 Å². The van der Waals surface area contributed by atoms with Crippen LogP contribution < -0.4 is 10.6 Å². The van der Waals surface area contributed by atoms with Crippen LogP contribution in [0, 0.1) is 6.92 Å². The number of halogens is 7. The molecule has 0 bridgehead atoms. The van der Waals surface area contributed by atoms with Crippen molar-refractivity contribution in [2.45, 2.75) is 38.3 Å². The third-order valence-electron chi connectivity index (χ3n) is 4.42. The van der Waals surface area contributed by atoms with Gasteiger partial charge < -0.3 is 10.6 Å². The van der Waals surface area contributed by atoms with E-state index >= 15 is 0 Å². The second kappa shape index (κ2) is 7.18. The van der Waals surface area contributed by atoms with Crippen LogP contribution in [0.5, 0.6) is 0 Å². The van der Waals surface area contributed by atoms with Gasteiger partial charge in [0.05, 0.1) is 0 Å². The molecule has 0 aromatic heterocycles. The second-order valence-corrected chi connectivity index (χ2v) is 6.27. The van der Waals surface area contributed by atoms with Gasteiger partial charge >= 0.3 is 18.0 Å². The molecule has 9 heteroatoms. The Morgan fingerprint density at radius 3 is 2.11 bits per heavy atom. The summed E-state index contributed by atoms with van der Waals surface area (Å²) in [7, 11) is 0. The minimum atomic E-state index is -6.13.